The standard InChI is InChI=1S/C24H33FN2O3.C10H12O/c1-4-27(20-7-5-8-21(16-20)28-3)17-19-10-11-24(23(25)15-19)30-14-12-26(2)18-22-9-6-13-29-22;11-10-6-5-8-3-1-2-4-9(8)7-10/h5,7-8,10-11,15-16,22H,4,6,9,12-14,17-18H2,1-3H3;5-7,11H,1-4H2/t22-;/m1./s1. The molecule has 0 aromatic heterocycles. The summed E-state index contributed by atoms with van der Waals surface area (Å²) in [5.74, 6) is 1.20. The third-order valence-corrected chi connectivity index (χ3v) is 7.77. The number of likely N-dealkylation sites (N-methyl/N-ethyl adjacent to an activating group) is 1. The third-order valence-electron chi connectivity index (χ3n) is 7.77. The molecule has 5 rings (SSSR count). The Balaban J connectivity index is 0.000000291. The van der Waals surface area contributed by atoms with Crippen molar-refractivity contribution in [3.63, 3.8) is 0 Å². The number of benzene rings is 3. The van der Waals surface area contributed by atoms with Crippen molar-refractivity contribution in [1.29, 1.82) is 0 Å². The van der Waals surface area contributed by atoms with Gasteiger partial charge in [-0.2, -0.15) is 0 Å². The van der Waals surface area contributed by atoms with E-state index in [2.05, 4.69) is 16.7 Å². The number of rotatable bonds is 11. The van der Waals surface area contributed by atoms with E-state index in [0.29, 0.717) is 30.8 Å². The van der Waals surface area contributed by atoms with Crippen LogP contribution in [0.4, 0.5) is 10.1 Å². The number of aryl methyl sites for hydroxylation is 2. The lowest BCUT2D eigenvalue weighted by molar-refractivity contribution is 0.0769. The Morgan fingerprint density at radius 2 is 1.83 bits per heavy atom. The number of anilines is 1. The first-order chi connectivity index (χ1) is 19.9. The number of phenols is 1. The smallest absolute Gasteiger partial charge is 0.165 e. The predicted molar refractivity (Wildman–Crippen MR) is 163 cm³/mol. The van der Waals surface area contributed by atoms with Gasteiger partial charge in [-0.05, 0) is 106 Å². The molecule has 0 spiro atoms. The molecule has 41 heavy (non-hydrogen) atoms. The molecular weight excluding hydrogens is 519 g/mol. The molecule has 0 bridgehead atoms. The van der Waals surface area contributed by atoms with E-state index in [4.69, 9.17) is 14.2 Å². The van der Waals surface area contributed by atoms with Gasteiger partial charge in [0.25, 0.3) is 0 Å². The molecule has 1 aliphatic heterocycles. The molecule has 7 heteroatoms. The van der Waals surface area contributed by atoms with Gasteiger partial charge in [0.2, 0.25) is 0 Å². The van der Waals surface area contributed by atoms with Crippen molar-refractivity contribution < 1.29 is 23.7 Å². The highest BCUT2D eigenvalue weighted by atomic mass is 19.1. The van der Waals surface area contributed by atoms with Crippen LogP contribution in [0, 0.1) is 5.82 Å². The predicted octanol–water partition coefficient (Wildman–Crippen LogP) is 6.62. The van der Waals surface area contributed by atoms with Gasteiger partial charge in [0.05, 0.1) is 13.2 Å². The maximum absolute atomic E-state index is 14.6. The van der Waals surface area contributed by atoms with Crippen LogP contribution in [-0.2, 0) is 24.1 Å². The Hall–Kier alpha value is -3.29. The van der Waals surface area contributed by atoms with Crippen molar-refractivity contribution in [3.05, 3.63) is 83.2 Å². The highest BCUT2D eigenvalue weighted by Crippen LogP contribution is 2.26. The van der Waals surface area contributed by atoms with E-state index in [1.165, 1.54) is 30.4 Å². The minimum absolute atomic E-state index is 0.300. The van der Waals surface area contributed by atoms with Gasteiger partial charge in [0.1, 0.15) is 18.1 Å². The van der Waals surface area contributed by atoms with Crippen LogP contribution in [0.15, 0.2) is 60.7 Å². The number of fused-ring (bicyclic) bond motifs is 1. The molecule has 2 aliphatic rings. The number of phenolic OH excluding ortho intramolecular Hbond substituents is 1. The zero-order valence-corrected chi connectivity index (χ0v) is 24.8. The van der Waals surface area contributed by atoms with E-state index in [1.54, 1.807) is 25.3 Å². The summed E-state index contributed by atoms with van der Waals surface area (Å²) in [5.41, 5.74) is 4.72. The van der Waals surface area contributed by atoms with Gasteiger partial charge in [-0.1, -0.05) is 18.2 Å². The van der Waals surface area contributed by atoms with E-state index in [0.717, 1.165) is 62.5 Å². The molecule has 1 N–H and O–H groups in total. The maximum atomic E-state index is 14.6. The van der Waals surface area contributed by atoms with Gasteiger partial charge < -0.3 is 29.1 Å². The van der Waals surface area contributed by atoms with E-state index >= 15 is 0 Å². The lowest BCUT2D eigenvalue weighted by Gasteiger charge is -2.24. The molecule has 0 amide bonds. The summed E-state index contributed by atoms with van der Waals surface area (Å²) in [4.78, 5) is 4.35. The van der Waals surface area contributed by atoms with E-state index in [1.807, 2.05) is 49.5 Å². The molecule has 6 nitrogen and oxygen atoms in total. The number of methoxy groups -OCH3 is 1. The van der Waals surface area contributed by atoms with Crippen molar-refractivity contribution in [2.24, 2.45) is 0 Å². The minimum Gasteiger partial charge on any atom is -0.508 e. The summed E-state index contributed by atoms with van der Waals surface area (Å²) >= 11 is 0. The first-order valence-electron chi connectivity index (χ1n) is 14.9. The molecule has 0 saturated carbocycles. The fraction of sp³-hybridized carbons (Fsp3) is 0.471. The molecular formula is C34H45FN2O4. The second kappa shape index (κ2) is 15.6. The summed E-state index contributed by atoms with van der Waals surface area (Å²) in [7, 11) is 3.70. The highest BCUT2D eigenvalue weighted by Gasteiger charge is 2.17. The quantitative estimate of drug-likeness (QED) is 0.283. The number of hydrogen-bond donors (Lipinski definition) is 1. The number of halogens is 1. The second-order valence-electron chi connectivity index (χ2n) is 10.9. The normalized spacial score (nSPS) is 16.1. The molecule has 1 saturated heterocycles. The average Bonchev–Trinajstić information content (AvgIpc) is 3.50. The molecule has 1 aliphatic carbocycles. The molecule has 0 unspecified atom stereocenters. The van der Waals surface area contributed by atoms with E-state index in [-0.39, 0.29) is 5.82 Å². The van der Waals surface area contributed by atoms with Gasteiger partial charge in [-0.25, -0.2) is 4.39 Å². The molecule has 3 aromatic rings. The average molecular weight is 565 g/mol. The van der Waals surface area contributed by atoms with Crippen LogP contribution < -0.4 is 14.4 Å². The summed E-state index contributed by atoms with van der Waals surface area (Å²) in [6, 6.07) is 18.8. The fourth-order valence-electron chi connectivity index (χ4n) is 5.43. The zero-order chi connectivity index (χ0) is 29.0. The van der Waals surface area contributed by atoms with E-state index in [9.17, 15) is 9.50 Å². The van der Waals surface area contributed by atoms with Crippen molar-refractivity contribution in [2.75, 3.05) is 51.9 Å². The van der Waals surface area contributed by atoms with Crippen molar-refractivity contribution in [1.82, 2.24) is 4.90 Å². The first-order valence-corrected chi connectivity index (χ1v) is 14.9. The van der Waals surface area contributed by atoms with Crippen molar-refractivity contribution in [3.8, 4) is 17.2 Å². The van der Waals surface area contributed by atoms with Crippen LogP contribution in [0.3, 0.4) is 0 Å². The Kier molecular flexibility index (Phi) is 11.7. The molecule has 3 aromatic carbocycles. The SMILES string of the molecule is CCN(Cc1ccc(OCCN(C)C[C@H]2CCCO2)c(F)c1)c1cccc(OC)c1.Oc1ccc2c(c1)CCCC2. The lowest BCUT2D eigenvalue weighted by Crippen LogP contribution is -2.32. The van der Waals surface area contributed by atoms with Crippen LogP contribution in [0.1, 0.15) is 49.3 Å². The maximum Gasteiger partial charge on any atom is 0.165 e. The number of ether oxygens (including phenoxy) is 3. The lowest BCUT2D eigenvalue weighted by atomic mass is 9.92. The van der Waals surface area contributed by atoms with Gasteiger partial charge in [0.15, 0.2) is 11.6 Å². The number of hydrogen-bond acceptors (Lipinski definition) is 6. The van der Waals surface area contributed by atoms with Gasteiger partial charge in [-0.15, -0.1) is 0 Å². The summed E-state index contributed by atoms with van der Waals surface area (Å²) in [5, 5.41) is 9.19. The second-order valence-corrected chi connectivity index (χ2v) is 10.9. The van der Waals surface area contributed by atoms with Crippen LogP contribution in [0.25, 0.3) is 0 Å². The Morgan fingerprint density at radius 1 is 1.00 bits per heavy atom. The Bertz CT molecular complexity index is 1230. The minimum atomic E-state index is -0.323. The van der Waals surface area contributed by atoms with Gasteiger partial charge in [0, 0.05) is 44.5 Å². The monoisotopic (exact) mass is 564 g/mol. The first kappa shape index (κ1) is 30.7. The highest BCUT2D eigenvalue weighted by molar-refractivity contribution is 5.51. The van der Waals surface area contributed by atoms with E-state index < -0.39 is 0 Å². The molecule has 222 valence electrons. The third kappa shape index (κ3) is 9.37. The molecule has 1 heterocycles. The van der Waals surface area contributed by atoms with Gasteiger partial charge in [-0.3, -0.25) is 0 Å². The Morgan fingerprint density at radius 3 is 2.56 bits per heavy atom. The topological polar surface area (TPSA) is 54.4 Å². The number of aromatic hydroxyl groups is 1. The van der Waals surface area contributed by atoms with Crippen LogP contribution in [0.2, 0.25) is 0 Å². The molecule has 0 radical (unpaired) electrons. The van der Waals surface area contributed by atoms with Crippen molar-refractivity contribution >= 4 is 5.69 Å². The Labute approximate surface area is 244 Å². The van der Waals surface area contributed by atoms with Gasteiger partial charge >= 0.3 is 0 Å². The molecule has 1 fully saturated rings. The van der Waals surface area contributed by atoms with Crippen molar-refractivity contribution in [2.45, 2.75) is 58.1 Å². The summed E-state index contributed by atoms with van der Waals surface area (Å²) in [6.45, 7) is 6.45. The number of nitrogens with zero attached hydrogens (tertiary/aromatic N) is 2. The summed E-state index contributed by atoms with van der Waals surface area (Å²) < 4.78 is 31.2. The van der Waals surface area contributed by atoms with Crippen LogP contribution in [0.5, 0.6) is 17.2 Å². The summed E-state index contributed by atoms with van der Waals surface area (Å²) in [6.07, 6.45) is 7.48. The van der Waals surface area contributed by atoms with Crippen LogP contribution >= 0.6 is 0 Å². The largest absolute Gasteiger partial charge is 0.508 e. The zero-order valence-electron chi connectivity index (χ0n) is 24.8. The fourth-order valence-corrected chi connectivity index (χ4v) is 5.43. The van der Waals surface area contributed by atoms with Crippen LogP contribution in [-0.4, -0.2) is 63.1 Å². The molecule has 1 atom stereocenters.